The normalized spacial score (nSPS) is 13.1. The van der Waals surface area contributed by atoms with E-state index in [1.807, 2.05) is 18.2 Å². The number of anilines is 3. The maximum atomic E-state index is 6.77. The Balaban J connectivity index is 1.27. The van der Waals surface area contributed by atoms with E-state index < -0.39 is 0 Å². The van der Waals surface area contributed by atoms with Crippen molar-refractivity contribution >= 4 is 49.7 Å². The second kappa shape index (κ2) is 11.3. The third-order valence-corrected chi connectivity index (χ3v) is 10.7. The Bertz CT molecular complexity index is 2760. The van der Waals surface area contributed by atoms with Gasteiger partial charge in [0.1, 0.15) is 5.52 Å². The summed E-state index contributed by atoms with van der Waals surface area (Å²) < 4.78 is 6.77. The molecule has 1 aliphatic rings. The number of oxazole rings is 1. The molecule has 0 fully saturated rings. The van der Waals surface area contributed by atoms with Crippen LogP contribution in [0.2, 0.25) is 0 Å². The molecular weight excluding hydrogens is 621 g/mol. The van der Waals surface area contributed by atoms with Crippen molar-refractivity contribution in [2.24, 2.45) is 0 Å². The minimum absolute atomic E-state index is 0.0849. The Labute approximate surface area is 297 Å². The number of fused-ring (bicyclic) bond motifs is 8. The van der Waals surface area contributed by atoms with Gasteiger partial charge < -0.3 is 9.32 Å². The minimum Gasteiger partial charge on any atom is -0.435 e. The molecule has 0 saturated carbocycles. The molecule has 1 heterocycles. The van der Waals surface area contributed by atoms with Gasteiger partial charge in [-0.2, -0.15) is 0 Å². The third kappa shape index (κ3) is 4.62. The number of hydrogen-bond acceptors (Lipinski definition) is 3. The molecule has 3 heteroatoms. The molecule has 0 saturated heterocycles. The van der Waals surface area contributed by atoms with Gasteiger partial charge in [0, 0.05) is 27.7 Å². The lowest BCUT2D eigenvalue weighted by Gasteiger charge is -2.28. The molecule has 51 heavy (non-hydrogen) atoms. The molecule has 0 N–H and O–H groups in total. The zero-order valence-electron chi connectivity index (χ0n) is 28.5. The van der Waals surface area contributed by atoms with Gasteiger partial charge in [-0.3, -0.25) is 0 Å². The summed E-state index contributed by atoms with van der Waals surface area (Å²) in [5.74, 6) is 0.608. The second-order valence-corrected chi connectivity index (χ2v) is 14.0. The van der Waals surface area contributed by atoms with Crippen LogP contribution in [0.4, 0.5) is 17.1 Å². The van der Waals surface area contributed by atoms with Crippen molar-refractivity contribution in [2.45, 2.75) is 19.3 Å². The topological polar surface area (TPSA) is 29.3 Å². The van der Waals surface area contributed by atoms with Gasteiger partial charge in [0.05, 0.1) is 5.69 Å². The number of rotatable bonds is 5. The van der Waals surface area contributed by atoms with Gasteiger partial charge in [0.15, 0.2) is 5.58 Å². The highest BCUT2D eigenvalue weighted by molar-refractivity contribution is 6.19. The second-order valence-electron chi connectivity index (χ2n) is 14.0. The van der Waals surface area contributed by atoms with E-state index in [4.69, 9.17) is 9.40 Å². The summed E-state index contributed by atoms with van der Waals surface area (Å²) in [5, 5.41) is 4.55. The highest BCUT2D eigenvalue weighted by Gasteiger charge is 2.36. The lowest BCUT2D eigenvalue weighted by atomic mass is 9.82. The van der Waals surface area contributed by atoms with Crippen molar-refractivity contribution in [2.75, 3.05) is 4.90 Å². The molecule has 0 amide bonds. The highest BCUT2D eigenvalue weighted by Crippen LogP contribution is 2.51. The van der Waals surface area contributed by atoms with E-state index in [-0.39, 0.29) is 5.41 Å². The number of aromatic nitrogens is 1. The quantitative estimate of drug-likeness (QED) is 0.173. The van der Waals surface area contributed by atoms with E-state index in [0.717, 1.165) is 44.5 Å². The molecule has 0 unspecified atom stereocenters. The molecule has 0 bridgehead atoms. The Kier molecular flexibility index (Phi) is 6.53. The molecule has 0 radical (unpaired) electrons. The summed E-state index contributed by atoms with van der Waals surface area (Å²) in [5.41, 5.74) is 13.2. The Morgan fingerprint density at radius 1 is 0.490 bits per heavy atom. The maximum absolute atomic E-state index is 6.77. The van der Waals surface area contributed by atoms with E-state index in [2.05, 4.69) is 170 Å². The van der Waals surface area contributed by atoms with Crippen LogP contribution in [0.25, 0.3) is 66.4 Å². The average molecular weight is 655 g/mol. The Morgan fingerprint density at radius 3 is 1.94 bits per heavy atom. The molecule has 9 aromatic rings. The summed E-state index contributed by atoms with van der Waals surface area (Å²) in [4.78, 5) is 7.64. The smallest absolute Gasteiger partial charge is 0.227 e. The predicted octanol–water partition coefficient (Wildman–Crippen LogP) is 13.2. The summed E-state index contributed by atoms with van der Waals surface area (Å²) in [6.07, 6.45) is 0. The van der Waals surface area contributed by atoms with Crippen molar-refractivity contribution in [1.29, 1.82) is 0 Å². The van der Waals surface area contributed by atoms with Gasteiger partial charge in [-0.15, -0.1) is 0 Å². The van der Waals surface area contributed by atoms with Crippen LogP contribution in [0.1, 0.15) is 25.0 Å². The van der Waals surface area contributed by atoms with Crippen LogP contribution in [-0.4, -0.2) is 4.98 Å². The van der Waals surface area contributed by atoms with E-state index >= 15 is 0 Å². The third-order valence-electron chi connectivity index (χ3n) is 10.7. The van der Waals surface area contributed by atoms with E-state index in [9.17, 15) is 0 Å². The van der Waals surface area contributed by atoms with Crippen LogP contribution in [0.5, 0.6) is 0 Å². The number of benzene rings is 8. The SMILES string of the molecule is CC1(C)c2ccccc2-c2cc(N(c3ccc(-c4ccccc4)cc3)c3cc4c5ccccc5ccc4c4oc(-c5ccccc5)nc34)ccc21. The summed E-state index contributed by atoms with van der Waals surface area (Å²) in [7, 11) is 0. The molecule has 8 aromatic carbocycles. The fourth-order valence-electron chi connectivity index (χ4n) is 8.11. The minimum atomic E-state index is -0.0849. The van der Waals surface area contributed by atoms with Crippen molar-refractivity contribution in [3.63, 3.8) is 0 Å². The zero-order chi connectivity index (χ0) is 34.1. The molecule has 1 aliphatic carbocycles. The first-order valence-corrected chi connectivity index (χ1v) is 17.5. The summed E-state index contributed by atoms with van der Waals surface area (Å²) in [6, 6.07) is 60.7. The van der Waals surface area contributed by atoms with E-state index in [1.54, 1.807) is 0 Å². The Morgan fingerprint density at radius 2 is 1.14 bits per heavy atom. The van der Waals surface area contributed by atoms with Gasteiger partial charge in [0.2, 0.25) is 5.89 Å². The molecule has 3 nitrogen and oxygen atoms in total. The molecule has 0 aliphatic heterocycles. The van der Waals surface area contributed by atoms with Gasteiger partial charge in [-0.25, -0.2) is 4.98 Å². The first-order valence-electron chi connectivity index (χ1n) is 17.5. The molecule has 242 valence electrons. The largest absolute Gasteiger partial charge is 0.435 e. The number of nitrogens with zero attached hydrogens (tertiary/aromatic N) is 2. The fourth-order valence-corrected chi connectivity index (χ4v) is 8.11. The van der Waals surface area contributed by atoms with Crippen LogP contribution < -0.4 is 4.90 Å². The Hall–Kier alpha value is -6.45. The van der Waals surface area contributed by atoms with Crippen molar-refractivity contribution in [1.82, 2.24) is 4.98 Å². The molecular formula is C48H34N2O. The van der Waals surface area contributed by atoms with Crippen molar-refractivity contribution in [3.8, 4) is 33.7 Å². The van der Waals surface area contributed by atoms with Gasteiger partial charge >= 0.3 is 0 Å². The summed E-state index contributed by atoms with van der Waals surface area (Å²) in [6.45, 7) is 4.66. The van der Waals surface area contributed by atoms with E-state index in [0.29, 0.717) is 5.89 Å². The molecule has 0 spiro atoms. The van der Waals surface area contributed by atoms with Crippen LogP contribution in [0, 0.1) is 0 Å². The number of hydrogen-bond donors (Lipinski definition) is 0. The average Bonchev–Trinajstić information content (AvgIpc) is 3.74. The lowest BCUT2D eigenvalue weighted by molar-refractivity contribution is 0.623. The van der Waals surface area contributed by atoms with E-state index in [1.165, 1.54) is 44.2 Å². The molecule has 1 aromatic heterocycles. The standard InChI is InChI=1S/C48H34N2O/c1-48(2)42-20-12-11-19-38(42)41-29-36(26-28-43(41)48)50(35-24-21-32(22-25-35)31-13-5-3-6-14-31)44-30-40-37-18-10-9-15-33(37)23-27-39(40)46-45(44)49-47(51-46)34-16-7-4-8-17-34/h3-30H,1-2H3. The lowest BCUT2D eigenvalue weighted by Crippen LogP contribution is -2.15. The van der Waals surface area contributed by atoms with Crippen LogP contribution in [-0.2, 0) is 5.41 Å². The first-order chi connectivity index (χ1) is 25.0. The van der Waals surface area contributed by atoms with Gasteiger partial charge in [-0.1, -0.05) is 135 Å². The monoisotopic (exact) mass is 654 g/mol. The van der Waals surface area contributed by atoms with Crippen molar-refractivity contribution < 1.29 is 4.42 Å². The van der Waals surface area contributed by atoms with Crippen LogP contribution in [0.3, 0.4) is 0 Å². The predicted molar refractivity (Wildman–Crippen MR) is 212 cm³/mol. The zero-order valence-corrected chi connectivity index (χ0v) is 28.5. The van der Waals surface area contributed by atoms with Gasteiger partial charge in [0.25, 0.3) is 0 Å². The summed E-state index contributed by atoms with van der Waals surface area (Å²) >= 11 is 0. The molecule has 10 rings (SSSR count). The molecule has 0 atom stereocenters. The van der Waals surface area contributed by atoms with Crippen LogP contribution >= 0.6 is 0 Å². The van der Waals surface area contributed by atoms with Crippen LogP contribution in [0.15, 0.2) is 174 Å². The maximum Gasteiger partial charge on any atom is 0.227 e. The van der Waals surface area contributed by atoms with Crippen molar-refractivity contribution in [3.05, 3.63) is 181 Å². The first kappa shape index (κ1) is 29.5. The highest BCUT2D eigenvalue weighted by atomic mass is 16.3. The fraction of sp³-hybridized carbons (Fsp3) is 0.0625. The van der Waals surface area contributed by atoms with Gasteiger partial charge in [-0.05, 0) is 98.1 Å².